The number of amides is 1. The zero-order chi connectivity index (χ0) is 15.5. The molecule has 0 bridgehead atoms. The summed E-state index contributed by atoms with van der Waals surface area (Å²) in [5, 5.41) is 2.73. The Bertz CT molecular complexity index is 614. The van der Waals surface area contributed by atoms with Crippen LogP contribution in [0.1, 0.15) is 30.8 Å². The molecule has 1 aliphatic heterocycles. The highest BCUT2D eigenvalue weighted by Gasteiger charge is 2.29. The first-order valence-corrected chi connectivity index (χ1v) is 8.85. The van der Waals surface area contributed by atoms with Crippen molar-refractivity contribution in [3.63, 3.8) is 0 Å². The number of carbonyl (C=O) groups excluding carboxylic acids is 1. The molecular weight excluding hydrogens is 292 g/mol. The minimum atomic E-state index is -3.01. The van der Waals surface area contributed by atoms with Crippen molar-refractivity contribution in [2.24, 2.45) is 0 Å². The third-order valence-corrected chi connectivity index (χ3v) is 5.31. The molecule has 2 heterocycles. The summed E-state index contributed by atoms with van der Waals surface area (Å²) in [6.07, 6.45) is 1.82. The maximum absolute atomic E-state index is 12.1. The lowest BCUT2D eigenvalue weighted by atomic mass is 10.2. The Morgan fingerprint density at radius 2 is 2.10 bits per heavy atom. The largest absolute Gasteiger partial charge is 0.357 e. The van der Waals surface area contributed by atoms with Crippen molar-refractivity contribution in [1.29, 1.82) is 0 Å². The zero-order valence-electron chi connectivity index (χ0n) is 12.2. The van der Waals surface area contributed by atoms with Crippen LogP contribution >= 0.6 is 0 Å². The number of hydrogen-bond acceptors (Lipinski definition) is 6. The quantitative estimate of drug-likeness (QED) is 0.837. The first kappa shape index (κ1) is 15.7. The molecule has 2 rings (SSSR count). The van der Waals surface area contributed by atoms with E-state index in [-0.39, 0.29) is 29.1 Å². The number of aromatic nitrogens is 2. The van der Waals surface area contributed by atoms with E-state index < -0.39 is 9.84 Å². The summed E-state index contributed by atoms with van der Waals surface area (Å²) >= 11 is 0. The molecule has 1 aromatic rings. The Morgan fingerprint density at radius 1 is 1.38 bits per heavy atom. The number of nitrogens with zero attached hydrogens (tertiary/aromatic N) is 3. The van der Waals surface area contributed by atoms with Gasteiger partial charge in [-0.3, -0.25) is 4.79 Å². The number of hydrogen-bond donors (Lipinski definition) is 1. The molecule has 0 radical (unpaired) electrons. The van der Waals surface area contributed by atoms with E-state index >= 15 is 0 Å². The summed E-state index contributed by atoms with van der Waals surface area (Å²) in [6, 6.07) is 1.31. The summed E-state index contributed by atoms with van der Waals surface area (Å²) in [6.45, 7) is 5.59. The molecule has 21 heavy (non-hydrogen) atoms. The van der Waals surface area contributed by atoms with Crippen molar-refractivity contribution in [3.05, 3.63) is 18.1 Å². The Hall–Kier alpha value is -1.70. The van der Waals surface area contributed by atoms with E-state index in [2.05, 4.69) is 15.3 Å². The van der Waals surface area contributed by atoms with Crippen LogP contribution in [0.25, 0.3) is 0 Å². The summed E-state index contributed by atoms with van der Waals surface area (Å²) in [5.41, 5.74) is 0.260. The van der Waals surface area contributed by atoms with Gasteiger partial charge in [-0.1, -0.05) is 0 Å². The van der Waals surface area contributed by atoms with Crippen molar-refractivity contribution >= 4 is 21.6 Å². The second kappa shape index (κ2) is 6.38. The average molecular weight is 312 g/mol. The second-order valence-electron chi connectivity index (χ2n) is 5.01. The Labute approximate surface area is 124 Å². The molecule has 0 saturated carbocycles. The van der Waals surface area contributed by atoms with Crippen LogP contribution in [0.5, 0.6) is 0 Å². The lowest BCUT2D eigenvalue weighted by Crippen LogP contribution is -2.36. The molecular formula is C13H20N4O3S. The standard InChI is InChI=1S/C13H20N4O3S/c1-3-17(4-2)12-7-11(14-9-15-12)13(18)16-10-5-6-21(19,20)8-10/h7,9-10H,3-6,8H2,1-2H3,(H,16,18). The second-order valence-corrected chi connectivity index (χ2v) is 7.24. The van der Waals surface area contributed by atoms with Crippen LogP contribution in [0.3, 0.4) is 0 Å². The molecule has 0 spiro atoms. The van der Waals surface area contributed by atoms with E-state index in [1.165, 1.54) is 6.33 Å². The third-order valence-electron chi connectivity index (χ3n) is 3.54. The van der Waals surface area contributed by atoms with Crippen LogP contribution in [0, 0.1) is 0 Å². The molecule has 1 aromatic heterocycles. The molecule has 1 atom stereocenters. The minimum Gasteiger partial charge on any atom is -0.357 e. The van der Waals surface area contributed by atoms with E-state index in [4.69, 9.17) is 0 Å². The van der Waals surface area contributed by atoms with Gasteiger partial charge in [0.25, 0.3) is 5.91 Å². The Morgan fingerprint density at radius 3 is 2.67 bits per heavy atom. The molecule has 116 valence electrons. The molecule has 1 N–H and O–H groups in total. The number of rotatable bonds is 5. The topological polar surface area (TPSA) is 92.3 Å². The van der Waals surface area contributed by atoms with E-state index in [0.717, 1.165) is 13.1 Å². The molecule has 0 aromatic carbocycles. The maximum Gasteiger partial charge on any atom is 0.270 e. The molecule has 1 amide bonds. The van der Waals surface area contributed by atoms with E-state index in [9.17, 15) is 13.2 Å². The lowest BCUT2D eigenvalue weighted by molar-refractivity contribution is 0.0936. The third kappa shape index (κ3) is 3.90. The minimum absolute atomic E-state index is 0.00667. The van der Waals surface area contributed by atoms with Crippen molar-refractivity contribution in [2.75, 3.05) is 29.5 Å². The van der Waals surface area contributed by atoms with Crippen LogP contribution < -0.4 is 10.2 Å². The molecule has 8 heteroatoms. The van der Waals surface area contributed by atoms with Gasteiger partial charge in [0.1, 0.15) is 17.8 Å². The van der Waals surface area contributed by atoms with Crippen LogP contribution in [0.15, 0.2) is 12.4 Å². The molecule has 1 aliphatic rings. The molecule has 1 fully saturated rings. The first-order valence-electron chi connectivity index (χ1n) is 7.03. The molecule has 7 nitrogen and oxygen atoms in total. The van der Waals surface area contributed by atoms with Gasteiger partial charge in [0, 0.05) is 25.2 Å². The van der Waals surface area contributed by atoms with Crippen LogP contribution in [0.4, 0.5) is 5.82 Å². The van der Waals surface area contributed by atoms with Crippen LogP contribution in [-0.4, -0.2) is 54.9 Å². The van der Waals surface area contributed by atoms with Gasteiger partial charge in [0.05, 0.1) is 11.5 Å². The van der Waals surface area contributed by atoms with Gasteiger partial charge in [-0.05, 0) is 20.3 Å². The first-order chi connectivity index (χ1) is 9.95. The lowest BCUT2D eigenvalue weighted by Gasteiger charge is -2.19. The van der Waals surface area contributed by atoms with E-state index in [1.54, 1.807) is 6.07 Å². The fourth-order valence-electron chi connectivity index (χ4n) is 2.36. The fraction of sp³-hybridized carbons (Fsp3) is 0.615. The van der Waals surface area contributed by atoms with Gasteiger partial charge < -0.3 is 10.2 Å². The molecule has 1 unspecified atom stereocenters. The summed E-state index contributed by atoms with van der Waals surface area (Å²) in [7, 11) is -3.01. The fourth-order valence-corrected chi connectivity index (χ4v) is 4.03. The van der Waals surface area contributed by atoms with Gasteiger partial charge >= 0.3 is 0 Å². The highest BCUT2D eigenvalue weighted by Crippen LogP contribution is 2.13. The maximum atomic E-state index is 12.1. The predicted octanol–water partition coefficient (Wildman–Crippen LogP) is 0.240. The van der Waals surface area contributed by atoms with Gasteiger partial charge in [-0.15, -0.1) is 0 Å². The van der Waals surface area contributed by atoms with Crippen molar-refractivity contribution < 1.29 is 13.2 Å². The molecule has 1 saturated heterocycles. The monoisotopic (exact) mass is 312 g/mol. The van der Waals surface area contributed by atoms with Gasteiger partial charge in [0.15, 0.2) is 9.84 Å². The summed E-state index contributed by atoms with van der Waals surface area (Å²) in [5.74, 6) is 0.478. The predicted molar refractivity (Wildman–Crippen MR) is 80.1 cm³/mol. The van der Waals surface area contributed by atoms with Crippen molar-refractivity contribution in [1.82, 2.24) is 15.3 Å². The molecule has 0 aliphatic carbocycles. The number of nitrogens with one attached hydrogen (secondary N) is 1. The van der Waals surface area contributed by atoms with Crippen LogP contribution in [0.2, 0.25) is 0 Å². The van der Waals surface area contributed by atoms with Crippen molar-refractivity contribution in [3.8, 4) is 0 Å². The smallest absolute Gasteiger partial charge is 0.270 e. The highest BCUT2D eigenvalue weighted by molar-refractivity contribution is 7.91. The van der Waals surface area contributed by atoms with Gasteiger partial charge in [-0.25, -0.2) is 18.4 Å². The van der Waals surface area contributed by atoms with E-state index in [0.29, 0.717) is 12.2 Å². The SMILES string of the molecule is CCN(CC)c1cc(C(=O)NC2CCS(=O)(=O)C2)ncn1. The van der Waals surface area contributed by atoms with Crippen molar-refractivity contribution in [2.45, 2.75) is 26.3 Å². The number of carbonyl (C=O) groups is 1. The summed E-state index contributed by atoms with van der Waals surface area (Å²) < 4.78 is 22.8. The average Bonchev–Trinajstić information content (AvgIpc) is 2.79. The van der Waals surface area contributed by atoms with Gasteiger partial charge in [0.2, 0.25) is 0 Å². The van der Waals surface area contributed by atoms with E-state index in [1.807, 2.05) is 18.7 Å². The normalized spacial score (nSPS) is 20.2. The Kier molecular flexibility index (Phi) is 4.76. The Balaban J connectivity index is 2.08. The highest BCUT2D eigenvalue weighted by atomic mass is 32.2. The zero-order valence-corrected chi connectivity index (χ0v) is 13.1. The number of sulfone groups is 1. The number of anilines is 1. The van der Waals surface area contributed by atoms with Gasteiger partial charge in [-0.2, -0.15) is 0 Å². The summed E-state index contributed by atoms with van der Waals surface area (Å²) in [4.78, 5) is 22.3. The van der Waals surface area contributed by atoms with Crippen LogP contribution in [-0.2, 0) is 9.84 Å².